The summed E-state index contributed by atoms with van der Waals surface area (Å²) in [7, 11) is 0. The highest BCUT2D eigenvalue weighted by Crippen LogP contribution is 2.36. The second-order valence-corrected chi connectivity index (χ2v) is 11.6. The normalized spacial score (nSPS) is 14.2. The molecule has 0 saturated heterocycles. The third kappa shape index (κ3) is 4.34. The molecule has 1 amide bonds. The topological polar surface area (TPSA) is 112 Å². The Morgan fingerprint density at radius 1 is 1.05 bits per heavy atom. The molecule has 10 heteroatoms. The first-order valence-electron chi connectivity index (χ1n) is 13.4. The van der Waals surface area contributed by atoms with E-state index in [9.17, 15) is 4.79 Å². The van der Waals surface area contributed by atoms with Crippen molar-refractivity contribution in [1.29, 1.82) is 0 Å². The van der Waals surface area contributed by atoms with E-state index in [0.717, 1.165) is 47.2 Å². The molecule has 5 heterocycles. The number of amides is 1. The predicted octanol–water partition coefficient (Wildman–Crippen LogP) is 7.26. The molecule has 1 saturated carbocycles. The van der Waals surface area contributed by atoms with Gasteiger partial charge < -0.3 is 10.3 Å². The van der Waals surface area contributed by atoms with Crippen molar-refractivity contribution in [2.24, 2.45) is 5.92 Å². The fraction of sp³-hybridized carbons (Fsp3) is 0.233. The van der Waals surface area contributed by atoms with E-state index >= 15 is 4.39 Å². The number of hydrogen-bond donors (Lipinski definition) is 3. The molecule has 0 aliphatic heterocycles. The average molecular weight is 552 g/mol. The third-order valence-electron chi connectivity index (χ3n) is 7.54. The van der Waals surface area contributed by atoms with E-state index in [1.165, 1.54) is 11.3 Å². The minimum atomic E-state index is -0.534. The lowest BCUT2D eigenvalue weighted by Gasteiger charge is -2.20. The minimum absolute atomic E-state index is 0.00488. The summed E-state index contributed by atoms with van der Waals surface area (Å²) < 4.78 is 16.1. The predicted molar refractivity (Wildman–Crippen MR) is 155 cm³/mol. The Kier molecular flexibility index (Phi) is 6.11. The van der Waals surface area contributed by atoms with E-state index in [1.54, 1.807) is 36.0 Å². The van der Waals surface area contributed by atoms with Crippen molar-refractivity contribution in [3.05, 3.63) is 65.7 Å². The van der Waals surface area contributed by atoms with Crippen molar-refractivity contribution in [2.45, 2.75) is 39.0 Å². The third-order valence-corrected chi connectivity index (χ3v) is 8.58. The zero-order chi connectivity index (χ0) is 27.2. The molecule has 7 rings (SSSR count). The number of carbonyl (C=O) groups is 1. The van der Waals surface area contributed by atoms with Gasteiger partial charge in [0.2, 0.25) is 5.91 Å². The van der Waals surface area contributed by atoms with Crippen LogP contribution in [0.1, 0.15) is 37.0 Å². The molecule has 200 valence electrons. The number of aromatic amines is 2. The lowest BCUT2D eigenvalue weighted by atomic mass is 9.88. The number of halogens is 1. The number of para-hydroxylation sites is 1. The van der Waals surface area contributed by atoms with Crippen LogP contribution in [0.4, 0.5) is 10.1 Å². The molecule has 0 unspecified atom stereocenters. The lowest BCUT2D eigenvalue weighted by molar-refractivity contribution is -0.120. The molecular formula is C30H26FN7OS. The van der Waals surface area contributed by atoms with Gasteiger partial charge in [0.1, 0.15) is 11.4 Å². The number of benzene rings is 1. The van der Waals surface area contributed by atoms with E-state index < -0.39 is 5.82 Å². The van der Waals surface area contributed by atoms with Gasteiger partial charge in [-0.05, 0) is 44.0 Å². The van der Waals surface area contributed by atoms with Gasteiger partial charge in [0.15, 0.2) is 11.6 Å². The maximum atomic E-state index is 16.1. The van der Waals surface area contributed by atoms with Crippen molar-refractivity contribution >= 4 is 44.9 Å². The molecule has 1 aliphatic carbocycles. The fourth-order valence-electron chi connectivity index (χ4n) is 5.52. The Morgan fingerprint density at radius 2 is 1.93 bits per heavy atom. The van der Waals surface area contributed by atoms with Crippen LogP contribution in [-0.2, 0) is 4.79 Å². The molecule has 8 nitrogen and oxygen atoms in total. The molecule has 1 fully saturated rings. The first kappa shape index (κ1) is 24.6. The molecule has 0 radical (unpaired) electrons. The number of nitrogens with zero attached hydrogens (tertiary/aromatic N) is 4. The Hall–Kier alpha value is -4.44. The Labute approximate surface area is 233 Å². The van der Waals surface area contributed by atoms with Gasteiger partial charge in [0.05, 0.1) is 40.0 Å². The highest BCUT2D eigenvalue weighted by atomic mass is 32.1. The van der Waals surface area contributed by atoms with E-state index in [-0.39, 0.29) is 22.9 Å². The van der Waals surface area contributed by atoms with Crippen molar-refractivity contribution in [1.82, 2.24) is 30.1 Å². The van der Waals surface area contributed by atoms with Crippen LogP contribution in [0.2, 0.25) is 0 Å². The van der Waals surface area contributed by atoms with Crippen LogP contribution >= 0.6 is 11.3 Å². The first-order chi connectivity index (χ1) is 19.5. The summed E-state index contributed by atoms with van der Waals surface area (Å²) in [5, 5.41) is 10.5. The number of hydrogen-bond acceptors (Lipinski definition) is 6. The highest BCUT2D eigenvalue weighted by molar-refractivity contribution is 7.15. The second-order valence-electron chi connectivity index (χ2n) is 10.3. The van der Waals surface area contributed by atoms with Crippen LogP contribution in [0, 0.1) is 18.7 Å². The second kappa shape index (κ2) is 9.95. The number of rotatable bonds is 5. The van der Waals surface area contributed by atoms with Crippen LogP contribution < -0.4 is 5.32 Å². The van der Waals surface area contributed by atoms with Gasteiger partial charge in [-0.1, -0.05) is 31.4 Å². The Morgan fingerprint density at radius 3 is 2.75 bits per heavy atom. The molecule has 0 spiro atoms. The van der Waals surface area contributed by atoms with Gasteiger partial charge in [-0.2, -0.15) is 5.10 Å². The molecule has 1 aromatic carbocycles. The zero-order valence-electron chi connectivity index (χ0n) is 21.8. The molecule has 40 heavy (non-hydrogen) atoms. The summed E-state index contributed by atoms with van der Waals surface area (Å²) in [6.07, 6.45) is 9.77. The fourth-order valence-corrected chi connectivity index (χ4v) is 6.41. The summed E-state index contributed by atoms with van der Waals surface area (Å²) in [5.41, 5.74) is 4.60. The van der Waals surface area contributed by atoms with E-state index in [1.807, 2.05) is 18.2 Å². The van der Waals surface area contributed by atoms with Crippen molar-refractivity contribution < 1.29 is 9.18 Å². The summed E-state index contributed by atoms with van der Waals surface area (Å²) in [6, 6.07) is 11.9. The summed E-state index contributed by atoms with van der Waals surface area (Å²) in [6.45, 7) is 2.07. The lowest BCUT2D eigenvalue weighted by Crippen LogP contribution is -2.24. The van der Waals surface area contributed by atoms with Crippen molar-refractivity contribution in [2.75, 3.05) is 5.32 Å². The maximum Gasteiger partial charge on any atom is 0.227 e. The molecule has 3 N–H and O–H groups in total. The average Bonchev–Trinajstić information content (AvgIpc) is 3.72. The summed E-state index contributed by atoms with van der Waals surface area (Å²) in [4.78, 5) is 31.9. The number of thiophene rings is 1. The van der Waals surface area contributed by atoms with Crippen molar-refractivity contribution in [3.63, 3.8) is 0 Å². The quantitative estimate of drug-likeness (QED) is 0.209. The van der Waals surface area contributed by atoms with E-state index in [2.05, 4.69) is 49.5 Å². The molecule has 1 aliphatic rings. The highest BCUT2D eigenvalue weighted by Gasteiger charge is 2.23. The maximum absolute atomic E-state index is 16.1. The molecule has 0 bridgehead atoms. The number of pyridine rings is 2. The monoisotopic (exact) mass is 551 g/mol. The molecule has 0 atom stereocenters. The van der Waals surface area contributed by atoms with Gasteiger partial charge in [0.25, 0.3) is 0 Å². The van der Waals surface area contributed by atoms with Crippen LogP contribution in [0.3, 0.4) is 0 Å². The molecular weight excluding hydrogens is 525 g/mol. The number of aromatic nitrogens is 6. The summed E-state index contributed by atoms with van der Waals surface area (Å²) >= 11 is 1.70. The van der Waals surface area contributed by atoms with Crippen LogP contribution in [0.15, 0.2) is 55.0 Å². The van der Waals surface area contributed by atoms with Gasteiger partial charge in [-0.3, -0.25) is 19.9 Å². The number of imidazole rings is 1. The van der Waals surface area contributed by atoms with E-state index in [4.69, 9.17) is 4.98 Å². The smallest absolute Gasteiger partial charge is 0.227 e. The van der Waals surface area contributed by atoms with Gasteiger partial charge in [0, 0.05) is 33.0 Å². The SMILES string of the molecule is Cc1ccc(-c2cccc3[nH]c(-c4n[nH]c5cnc(-c6cncc(NC(=O)C7CCCCC7)c6)c(F)c45)nc23)s1. The first-order valence-corrected chi connectivity index (χ1v) is 14.2. The van der Waals surface area contributed by atoms with Crippen molar-refractivity contribution in [3.8, 4) is 33.2 Å². The van der Waals surface area contributed by atoms with Gasteiger partial charge in [-0.25, -0.2) is 9.37 Å². The molecule has 5 aromatic heterocycles. The number of nitrogens with one attached hydrogen (secondary N) is 3. The Balaban J connectivity index is 1.26. The Bertz CT molecular complexity index is 1880. The van der Waals surface area contributed by atoms with E-state index in [0.29, 0.717) is 28.3 Å². The van der Waals surface area contributed by atoms with Crippen LogP contribution in [0.25, 0.3) is 55.2 Å². The van der Waals surface area contributed by atoms with Crippen LogP contribution in [0.5, 0.6) is 0 Å². The number of H-pyrrole nitrogens is 2. The number of fused-ring (bicyclic) bond motifs is 2. The summed E-state index contributed by atoms with van der Waals surface area (Å²) in [5.74, 6) is -0.0788. The minimum Gasteiger partial charge on any atom is -0.337 e. The standard InChI is InChI=1S/C30H26FN7OS/c1-16-10-11-23(40-16)20-8-5-9-21-27(20)36-29(35-21)28-24-22(37-38-28)15-33-26(25(24)31)18-12-19(14-32-13-18)34-30(39)17-6-3-2-4-7-17/h5,8-15,17H,2-4,6-7H2,1H3,(H,34,39)(H,35,36)(H,37,38). The largest absolute Gasteiger partial charge is 0.337 e. The van der Waals surface area contributed by atoms with Gasteiger partial charge in [-0.15, -0.1) is 11.3 Å². The van der Waals surface area contributed by atoms with Crippen LogP contribution in [-0.4, -0.2) is 36.0 Å². The zero-order valence-corrected chi connectivity index (χ0v) is 22.6. The van der Waals surface area contributed by atoms with Gasteiger partial charge >= 0.3 is 0 Å². The molecule has 6 aromatic rings. The number of carbonyl (C=O) groups excluding carboxylic acids is 1. The number of aryl methyl sites for hydroxylation is 1. The number of anilines is 1.